The van der Waals surface area contributed by atoms with Crippen molar-refractivity contribution in [2.75, 3.05) is 13.6 Å². The van der Waals surface area contributed by atoms with E-state index in [1.165, 1.54) is 5.56 Å². The zero-order chi connectivity index (χ0) is 13.2. The number of hydrogen-bond acceptors (Lipinski definition) is 3. The summed E-state index contributed by atoms with van der Waals surface area (Å²) in [4.78, 5) is 4.40. The molecule has 3 nitrogen and oxygen atoms in total. The highest BCUT2D eigenvalue weighted by atomic mass is 16.5. The van der Waals surface area contributed by atoms with Crippen molar-refractivity contribution in [1.29, 1.82) is 0 Å². The molecular formula is C15H24N2O. The number of nitrogens with zero attached hydrogens (tertiary/aromatic N) is 1. The quantitative estimate of drug-likeness (QED) is 0.889. The summed E-state index contributed by atoms with van der Waals surface area (Å²) in [7, 11) is 2.00. The minimum Gasteiger partial charge on any atom is -0.474 e. The van der Waals surface area contributed by atoms with E-state index in [9.17, 15) is 0 Å². The van der Waals surface area contributed by atoms with Gasteiger partial charge in [0.1, 0.15) is 6.10 Å². The normalized spacial score (nSPS) is 23.6. The molecule has 0 unspecified atom stereocenters. The zero-order valence-corrected chi connectivity index (χ0v) is 11.9. The van der Waals surface area contributed by atoms with E-state index in [0.29, 0.717) is 6.10 Å². The van der Waals surface area contributed by atoms with Crippen molar-refractivity contribution < 1.29 is 4.74 Å². The fourth-order valence-corrected chi connectivity index (χ4v) is 2.29. The largest absolute Gasteiger partial charge is 0.474 e. The molecule has 2 rings (SSSR count). The lowest BCUT2D eigenvalue weighted by Crippen LogP contribution is -2.38. The van der Waals surface area contributed by atoms with E-state index in [1.54, 1.807) is 0 Å². The Morgan fingerprint density at radius 3 is 2.56 bits per heavy atom. The predicted molar refractivity (Wildman–Crippen MR) is 74.0 cm³/mol. The Hall–Kier alpha value is -1.09. The SMILES string of the molecule is CNCC1CC(Oc2ccc(C(C)(C)C)cn2)C1. The molecule has 0 spiro atoms. The summed E-state index contributed by atoms with van der Waals surface area (Å²) in [5.74, 6) is 1.53. The average molecular weight is 248 g/mol. The van der Waals surface area contributed by atoms with Crippen LogP contribution in [0, 0.1) is 5.92 Å². The van der Waals surface area contributed by atoms with Gasteiger partial charge >= 0.3 is 0 Å². The minimum atomic E-state index is 0.153. The molecule has 100 valence electrons. The van der Waals surface area contributed by atoms with Gasteiger partial charge < -0.3 is 10.1 Å². The number of aromatic nitrogens is 1. The first-order valence-corrected chi connectivity index (χ1v) is 6.77. The Balaban J connectivity index is 1.85. The summed E-state index contributed by atoms with van der Waals surface area (Å²) in [6, 6.07) is 4.11. The molecule has 0 amide bonds. The fourth-order valence-electron chi connectivity index (χ4n) is 2.29. The molecule has 1 aromatic heterocycles. The van der Waals surface area contributed by atoms with Gasteiger partial charge in [0.05, 0.1) is 0 Å². The van der Waals surface area contributed by atoms with Gasteiger partial charge in [-0.1, -0.05) is 26.8 Å². The van der Waals surface area contributed by atoms with Gasteiger partial charge in [-0.15, -0.1) is 0 Å². The number of hydrogen-bond donors (Lipinski definition) is 1. The second kappa shape index (κ2) is 5.27. The molecule has 0 aliphatic heterocycles. The summed E-state index contributed by atoms with van der Waals surface area (Å²) in [6.45, 7) is 7.67. The first kappa shape index (κ1) is 13.3. The van der Waals surface area contributed by atoms with E-state index in [0.717, 1.165) is 31.2 Å². The Labute approximate surface area is 110 Å². The maximum Gasteiger partial charge on any atom is 0.213 e. The van der Waals surface area contributed by atoms with Crippen LogP contribution in [0.15, 0.2) is 18.3 Å². The number of nitrogens with one attached hydrogen (secondary N) is 1. The van der Waals surface area contributed by atoms with Crippen LogP contribution in [0.3, 0.4) is 0 Å². The van der Waals surface area contributed by atoms with Gasteiger partial charge in [-0.2, -0.15) is 0 Å². The highest BCUT2D eigenvalue weighted by Crippen LogP contribution is 2.30. The molecule has 0 radical (unpaired) electrons. The van der Waals surface area contributed by atoms with E-state index in [2.05, 4.69) is 37.1 Å². The lowest BCUT2D eigenvalue weighted by atomic mass is 9.82. The summed E-state index contributed by atoms with van der Waals surface area (Å²) in [6.07, 6.45) is 4.57. The molecule has 0 saturated heterocycles. The van der Waals surface area contributed by atoms with Crippen LogP contribution in [0.25, 0.3) is 0 Å². The van der Waals surface area contributed by atoms with E-state index in [-0.39, 0.29) is 5.41 Å². The molecule has 1 aromatic rings. The van der Waals surface area contributed by atoms with Gasteiger partial charge in [0.15, 0.2) is 0 Å². The molecule has 1 N–H and O–H groups in total. The topological polar surface area (TPSA) is 34.1 Å². The lowest BCUT2D eigenvalue weighted by molar-refractivity contribution is 0.0616. The van der Waals surface area contributed by atoms with Gasteiger partial charge in [0, 0.05) is 12.3 Å². The first-order valence-electron chi connectivity index (χ1n) is 6.77. The maximum absolute atomic E-state index is 5.86. The molecular weight excluding hydrogens is 224 g/mol. The van der Waals surface area contributed by atoms with Gasteiger partial charge in [0.25, 0.3) is 0 Å². The standard InChI is InChI=1S/C15H24N2O/c1-15(2,3)12-5-6-14(17-10-12)18-13-7-11(8-13)9-16-4/h5-6,10-11,13,16H,7-9H2,1-4H3. The van der Waals surface area contributed by atoms with Crippen LogP contribution >= 0.6 is 0 Å². The second-order valence-electron chi connectivity index (χ2n) is 6.27. The van der Waals surface area contributed by atoms with Crippen molar-refractivity contribution in [3.8, 4) is 5.88 Å². The van der Waals surface area contributed by atoms with Crippen LogP contribution in [0.4, 0.5) is 0 Å². The summed E-state index contributed by atoms with van der Waals surface area (Å²) in [5.41, 5.74) is 1.40. The van der Waals surface area contributed by atoms with Gasteiger partial charge in [-0.05, 0) is 43.3 Å². The van der Waals surface area contributed by atoms with E-state index in [1.807, 2.05) is 19.3 Å². The highest BCUT2D eigenvalue weighted by Gasteiger charge is 2.30. The zero-order valence-electron chi connectivity index (χ0n) is 11.9. The third-order valence-electron chi connectivity index (χ3n) is 3.58. The van der Waals surface area contributed by atoms with Crippen LogP contribution in [-0.4, -0.2) is 24.7 Å². The number of rotatable bonds is 4. The van der Waals surface area contributed by atoms with Crippen LogP contribution in [0.2, 0.25) is 0 Å². The lowest BCUT2D eigenvalue weighted by Gasteiger charge is -2.34. The highest BCUT2D eigenvalue weighted by molar-refractivity contribution is 5.23. The molecule has 1 fully saturated rings. The Morgan fingerprint density at radius 2 is 2.06 bits per heavy atom. The van der Waals surface area contributed by atoms with Crippen LogP contribution < -0.4 is 10.1 Å². The molecule has 0 bridgehead atoms. The smallest absolute Gasteiger partial charge is 0.213 e. The maximum atomic E-state index is 5.86. The Bertz CT molecular complexity index is 374. The molecule has 1 heterocycles. The predicted octanol–water partition coefficient (Wildman–Crippen LogP) is 2.76. The summed E-state index contributed by atoms with van der Waals surface area (Å²) < 4.78 is 5.86. The second-order valence-corrected chi connectivity index (χ2v) is 6.27. The van der Waals surface area contributed by atoms with Crippen molar-refractivity contribution in [1.82, 2.24) is 10.3 Å². The monoisotopic (exact) mass is 248 g/mol. The van der Waals surface area contributed by atoms with Crippen molar-refractivity contribution >= 4 is 0 Å². The van der Waals surface area contributed by atoms with E-state index >= 15 is 0 Å². The number of ether oxygens (including phenoxy) is 1. The first-order chi connectivity index (χ1) is 8.49. The van der Waals surface area contributed by atoms with Crippen molar-refractivity contribution in [2.24, 2.45) is 5.92 Å². The molecule has 3 heteroatoms. The average Bonchev–Trinajstić information content (AvgIpc) is 2.26. The van der Waals surface area contributed by atoms with Crippen molar-refractivity contribution in [2.45, 2.75) is 45.1 Å². The molecule has 1 aliphatic rings. The van der Waals surface area contributed by atoms with Crippen LogP contribution in [-0.2, 0) is 5.41 Å². The van der Waals surface area contributed by atoms with Crippen LogP contribution in [0.1, 0.15) is 39.2 Å². The van der Waals surface area contributed by atoms with E-state index in [4.69, 9.17) is 4.74 Å². The molecule has 18 heavy (non-hydrogen) atoms. The third-order valence-corrected chi connectivity index (χ3v) is 3.58. The number of pyridine rings is 1. The Kier molecular flexibility index (Phi) is 3.91. The Morgan fingerprint density at radius 1 is 1.33 bits per heavy atom. The summed E-state index contributed by atoms with van der Waals surface area (Å²) in [5, 5.41) is 3.21. The van der Waals surface area contributed by atoms with Crippen molar-refractivity contribution in [3.63, 3.8) is 0 Å². The third kappa shape index (κ3) is 3.22. The molecule has 0 aromatic carbocycles. The molecule has 1 aliphatic carbocycles. The fraction of sp³-hybridized carbons (Fsp3) is 0.667. The minimum absolute atomic E-state index is 0.153. The molecule has 0 atom stereocenters. The van der Waals surface area contributed by atoms with Gasteiger partial charge in [-0.3, -0.25) is 0 Å². The van der Waals surface area contributed by atoms with Gasteiger partial charge in [0.2, 0.25) is 5.88 Å². The van der Waals surface area contributed by atoms with Crippen LogP contribution in [0.5, 0.6) is 5.88 Å². The molecule has 1 saturated carbocycles. The summed E-state index contributed by atoms with van der Waals surface area (Å²) >= 11 is 0. The van der Waals surface area contributed by atoms with Crippen molar-refractivity contribution in [3.05, 3.63) is 23.9 Å². The van der Waals surface area contributed by atoms with Gasteiger partial charge in [-0.25, -0.2) is 4.98 Å². The van der Waals surface area contributed by atoms with E-state index < -0.39 is 0 Å².